The van der Waals surface area contributed by atoms with Crippen molar-refractivity contribution in [1.29, 1.82) is 0 Å². The zero-order valence-corrected chi connectivity index (χ0v) is 12.6. The number of nitrogens with zero attached hydrogens (tertiary/aromatic N) is 1. The number of amides is 1. The second kappa shape index (κ2) is 7.91. The molecule has 0 radical (unpaired) electrons. The summed E-state index contributed by atoms with van der Waals surface area (Å²) in [5.74, 6) is -0.477. The van der Waals surface area contributed by atoms with Gasteiger partial charge in [-0.05, 0) is 19.5 Å². The van der Waals surface area contributed by atoms with Gasteiger partial charge in [0.2, 0.25) is 5.91 Å². The van der Waals surface area contributed by atoms with Crippen LogP contribution in [0, 0.1) is 5.82 Å². The van der Waals surface area contributed by atoms with Gasteiger partial charge in [-0.2, -0.15) is 0 Å². The Bertz CT molecular complexity index is 493. The average molecular weight is 297 g/mol. The maximum Gasteiger partial charge on any atom is 0.234 e. The molecule has 0 aliphatic heterocycles. The van der Waals surface area contributed by atoms with E-state index in [1.165, 1.54) is 0 Å². The van der Waals surface area contributed by atoms with Crippen molar-refractivity contribution in [3.8, 4) is 0 Å². The highest BCUT2D eigenvalue weighted by Gasteiger charge is 2.14. The first-order valence-electron chi connectivity index (χ1n) is 6.55. The predicted molar refractivity (Wildman–Crippen MR) is 81.9 cm³/mol. The summed E-state index contributed by atoms with van der Waals surface area (Å²) in [6.07, 6.45) is 0. The number of hydrogen-bond acceptors (Lipinski definition) is 3. The van der Waals surface area contributed by atoms with Gasteiger partial charge in [0.1, 0.15) is 10.8 Å². The Balaban J connectivity index is 2.82. The molecule has 1 amide bonds. The number of likely N-dealkylation sites (N-methyl/N-ethyl adjacent to an activating group) is 2. The third-order valence-electron chi connectivity index (χ3n) is 2.93. The van der Waals surface area contributed by atoms with E-state index in [1.54, 1.807) is 18.2 Å². The van der Waals surface area contributed by atoms with E-state index >= 15 is 0 Å². The van der Waals surface area contributed by atoms with Crippen molar-refractivity contribution in [3.05, 3.63) is 35.1 Å². The van der Waals surface area contributed by atoms with Crippen molar-refractivity contribution in [2.24, 2.45) is 5.73 Å². The molecule has 0 bridgehead atoms. The number of hydrogen-bond donors (Lipinski definition) is 2. The molecule has 0 aromatic heterocycles. The molecule has 0 unspecified atom stereocenters. The number of carbonyl (C=O) groups is 1. The summed E-state index contributed by atoms with van der Waals surface area (Å²) in [6, 6.07) is 4.95. The minimum Gasteiger partial charge on any atom is -0.389 e. The highest BCUT2D eigenvalue weighted by Crippen LogP contribution is 2.15. The van der Waals surface area contributed by atoms with Crippen LogP contribution in [-0.2, 0) is 11.3 Å². The number of nitrogens with two attached hydrogens (primary N) is 1. The van der Waals surface area contributed by atoms with Gasteiger partial charge in [-0.15, -0.1) is 0 Å². The zero-order valence-electron chi connectivity index (χ0n) is 11.8. The van der Waals surface area contributed by atoms with Crippen molar-refractivity contribution in [2.45, 2.75) is 20.4 Å². The average Bonchev–Trinajstić information content (AvgIpc) is 2.40. The lowest BCUT2D eigenvalue weighted by Crippen LogP contribution is -2.37. The van der Waals surface area contributed by atoms with E-state index < -0.39 is 5.82 Å². The molecule has 0 aliphatic carbocycles. The van der Waals surface area contributed by atoms with Crippen LogP contribution in [0.5, 0.6) is 0 Å². The van der Waals surface area contributed by atoms with Crippen molar-refractivity contribution >= 4 is 23.1 Å². The summed E-state index contributed by atoms with van der Waals surface area (Å²) in [7, 11) is 0. The lowest BCUT2D eigenvalue weighted by molar-refractivity contribution is -0.122. The van der Waals surface area contributed by atoms with Crippen molar-refractivity contribution in [3.63, 3.8) is 0 Å². The Hall–Kier alpha value is -1.53. The van der Waals surface area contributed by atoms with Gasteiger partial charge in [0.25, 0.3) is 0 Å². The molecule has 0 heterocycles. The van der Waals surface area contributed by atoms with Gasteiger partial charge in [-0.25, -0.2) is 4.39 Å². The van der Waals surface area contributed by atoms with Crippen LogP contribution in [0.1, 0.15) is 25.0 Å². The maximum absolute atomic E-state index is 14.2. The Morgan fingerprint density at radius 2 is 2.15 bits per heavy atom. The Morgan fingerprint density at radius 3 is 2.70 bits per heavy atom. The van der Waals surface area contributed by atoms with E-state index in [4.69, 9.17) is 18.0 Å². The molecule has 4 nitrogen and oxygen atoms in total. The molecule has 0 atom stereocenters. The van der Waals surface area contributed by atoms with Gasteiger partial charge in [0.15, 0.2) is 0 Å². The van der Waals surface area contributed by atoms with E-state index in [9.17, 15) is 9.18 Å². The molecule has 110 valence electrons. The molecule has 3 N–H and O–H groups in total. The smallest absolute Gasteiger partial charge is 0.234 e. The van der Waals surface area contributed by atoms with Crippen LogP contribution in [0.4, 0.5) is 4.39 Å². The van der Waals surface area contributed by atoms with Gasteiger partial charge in [-0.1, -0.05) is 31.3 Å². The zero-order chi connectivity index (χ0) is 15.1. The van der Waals surface area contributed by atoms with Crippen molar-refractivity contribution in [1.82, 2.24) is 10.2 Å². The lowest BCUT2D eigenvalue weighted by atomic mass is 10.1. The van der Waals surface area contributed by atoms with Gasteiger partial charge in [0, 0.05) is 24.2 Å². The lowest BCUT2D eigenvalue weighted by Gasteiger charge is -2.20. The molecule has 1 rings (SSSR count). The standard InChI is InChI=1S/C14H20FN3OS/c1-3-17-12(19)9-18(4-2)8-10-6-5-7-11(13(10)15)14(16)20/h5-7H,3-4,8-9H2,1-2H3,(H2,16,20)(H,17,19). The fraction of sp³-hybridized carbons (Fsp3) is 0.429. The van der Waals surface area contributed by atoms with Gasteiger partial charge in [-0.3, -0.25) is 9.69 Å². The molecule has 20 heavy (non-hydrogen) atoms. The third-order valence-corrected chi connectivity index (χ3v) is 3.15. The molecule has 0 saturated heterocycles. The topological polar surface area (TPSA) is 58.4 Å². The van der Waals surface area contributed by atoms with Crippen LogP contribution in [-0.4, -0.2) is 35.4 Å². The van der Waals surface area contributed by atoms with Crippen LogP contribution in [0.15, 0.2) is 18.2 Å². The van der Waals surface area contributed by atoms with Crippen LogP contribution in [0.3, 0.4) is 0 Å². The van der Waals surface area contributed by atoms with Crippen LogP contribution >= 0.6 is 12.2 Å². The highest BCUT2D eigenvalue weighted by molar-refractivity contribution is 7.80. The van der Waals surface area contributed by atoms with E-state index in [0.717, 1.165) is 0 Å². The number of thiocarbonyl (C=S) groups is 1. The summed E-state index contributed by atoms with van der Waals surface area (Å²) >= 11 is 4.82. The summed E-state index contributed by atoms with van der Waals surface area (Å²) < 4.78 is 14.2. The first-order valence-corrected chi connectivity index (χ1v) is 6.96. The fourth-order valence-electron chi connectivity index (χ4n) is 1.87. The molecule has 0 aliphatic rings. The molecular weight excluding hydrogens is 277 g/mol. The summed E-state index contributed by atoms with van der Waals surface area (Å²) in [4.78, 5) is 13.5. The number of halogens is 1. The Labute approximate surface area is 124 Å². The minimum absolute atomic E-state index is 0.0381. The van der Waals surface area contributed by atoms with E-state index in [-0.39, 0.29) is 23.0 Å². The van der Waals surface area contributed by atoms with Gasteiger partial charge in [0.05, 0.1) is 6.54 Å². The fourth-order valence-corrected chi connectivity index (χ4v) is 2.03. The van der Waals surface area contributed by atoms with Crippen LogP contribution in [0.2, 0.25) is 0 Å². The maximum atomic E-state index is 14.2. The number of nitrogens with one attached hydrogen (secondary N) is 1. The molecule has 0 fully saturated rings. The highest BCUT2D eigenvalue weighted by atomic mass is 32.1. The molecular formula is C14H20FN3OS. The number of benzene rings is 1. The largest absolute Gasteiger partial charge is 0.389 e. The van der Waals surface area contributed by atoms with Crippen LogP contribution in [0.25, 0.3) is 0 Å². The predicted octanol–water partition coefficient (Wildman–Crippen LogP) is 1.42. The van der Waals surface area contributed by atoms with Gasteiger partial charge < -0.3 is 11.1 Å². The third kappa shape index (κ3) is 4.54. The summed E-state index contributed by atoms with van der Waals surface area (Å²) in [6.45, 7) is 5.60. The van der Waals surface area contributed by atoms with Crippen LogP contribution < -0.4 is 11.1 Å². The Kier molecular flexibility index (Phi) is 6.54. The number of carbonyl (C=O) groups excluding carboxylic acids is 1. The van der Waals surface area contributed by atoms with E-state index in [1.807, 2.05) is 18.7 Å². The quantitative estimate of drug-likeness (QED) is 0.747. The molecule has 6 heteroatoms. The summed E-state index contributed by atoms with van der Waals surface area (Å²) in [5, 5.41) is 2.73. The van der Waals surface area contributed by atoms with Crippen molar-refractivity contribution < 1.29 is 9.18 Å². The molecule has 0 spiro atoms. The first-order chi connectivity index (χ1) is 9.49. The van der Waals surface area contributed by atoms with Crippen molar-refractivity contribution in [2.75, 3.05) is 19.6 Å². The molecule has 1 aromatic carbocycles. The molecule has 0 saturated carbocycles. The summed E-state index contributed by atoms with van der Waals surface area (Å²) in [5.41, 5.74) is 6.21. The van der Waals surface area contributed by atoms with Gasteiger partial charge >= 0.3 is 0 Å². The van der Waals surface area contributed by atoms with E-state index in [2.05, 4.69) is 5.32 Å². The monoisotopic (exact) mass is 297 g/mol. The minimum atomic E-state index is -0.408. The molecule has 1 aromatic rings. The Morgan fingerprint density at radius 1 is 1.45 bits per heavy atom. The first kappa shape index (κ1) is 16.5. The van der Waals surface area contributed by atoms with E-state index in [0.29, 0.717) is 25.2 Å². The second-order valence-corrected chi connectivity index (χ2v) is 4.84. The normalized spacial score (nSPS) is 10.6. The number of rotatable bonds is 7. The second-order valence-electron chi connectivity index (χ2n) is 4.40. The SMILES string of the molecule is CCNC(=O)CN(CC)Cc1cccc(C(N)=S)c1F.